The van der Waals surface area contributed by atoms with Gasteiger partial charge in [-0.15, -0.1) is 0 Å². The van der Waals surface area contributed by atoms with E-state index >= 15 is 0 Å². The summed E-state index contributed by atoms with van der Waals surface area (Å²) in [4.78, 5) is 23.6. The Morgan fingerprint density at radius 1 is 1.18 bits per heavy atom. The zero-order valence-electron chi connectivity index (χ0n) is 13.6. The van der Waals surface area contributed by atoms with Crippen LogP contribution in [-0.4, -0.2) is 31.0 Å². The van der Waals surface area contributed by atoms with Crippen LogP contribution in [0.5, 0.6) is 5.75 Å². The zero-order chi connectivity index (χ0) is 16.5. The molecule has 2 atom stereocenters. The Labute approximate surface area is 131 Å². The van der Waals surface area contributed by atoms with Crippen LogP contribution in [0.1, 0.15) is 32.8 Å². The normalized spacial score (nSPS) is 13.5. The monoisotopic (exact) mass is 304 g/mol. The van der Waals surface area contributed by atoms with E-state index in [4.69, 9.17) is 4.74 Å². The first-order valence-corrected chi connectivity index (χ1v) is 7.39. The Kier molecular flexibility index (Phi) is 7.16. The summed E-state index contributed by atoms with van der Waals surface area (Å²) in [5.41, 5.74) is 0.882. The summed E-state index contributed by atoms with van der Waals surface area (Å²) in [6.45, 7) is 5.58. The highest BCUT2D eigenvalue weighted by molar-refractivity contribution is 5.95. The highest BCUT2D eigenvalue weighted by Crippen LogP contribution is 2.12. The molecule has 0 aromatic heterocycles. The third-order valence-corrected chi connectivity index (χ3v) is 3.30. The molecular formula is C17H24N2O3. The summed E-state index contributed by atoms with van der Waals surface area (Å²) in [7, 11) is 1.60. The van der Waals surface area contributed by atoms with E-state index in [0.717, 1.165) is 17.7 Å². The van der Waals surface area contributed by atoms with Gasteiger partial charge in [-0.05, 0) is 44.0 Å². The van der Waals surface area contributed by atoms with Gasteiger partial charge in [-0.3, -0.25) is 9.59 Å². The predicted octanol–water partition coefficient (Wildman–Crippen LogP) is 2.13. The molecule has 1 rings (SSSR count). The number of methoxy groups -OCH3 is 1. The van der Waals surface area contributed by atoms with Crippen molar-refractivity contribution < 1.29 is 14.3 Å². The lowest BCUT2D eigenvalue weighted by molar-refractivity contribution is -0.127. The fourth-order valence-electron chi connectivity index (χ4n) is 1.68. The maximum absolute atomic E-state index is 11.8. The third-order valence-electron chi connectivity index (χ3n) is 3.30. The largest absolute Gasteiger partial charge is 0.497 e. The van der Waals surface area contributed by atoms with Gasteiger partial charge < -0.3 is 15.4 Å². The zero-order valence-corrected chi connectivity index (χ0v) is 13.6. The number of nitrogens with one attached hydrogen (secondary N) is 2. The highest BCUT2D eigenvalue weighted by atomic mass is 16.5. The van der Waals surface area contributed by atoms with E-state index in [9.17, 15) is 9.59 Å². The average Bonchev–Trinajstić information content (AvgIpc) is 2.53. The number of hydrogen-bond acceptors (Lipinski definition) is 3. The van der Waals surface area contributed by atoms with Gasteiger partial charge >= 0.3 is 0 Å². The minimum Gasteiger partial charge on any atom is -0.497 e. The van der Waals surface area contributed by atoms with Crippen molar-refractivity contribution in [1.82, 2.24) is 10.6 Å². The lowest BCUT2D eigenvalue weighted by Gasteiger charge is -2.16. The van der Waals surface area contributed by atoms with E-state index in [1.165, 1.54) is 6.08 Å². The summed E-state index contributed by atoms with van der Waals surface area (Å²) in [6, 6.07) is 6.87. The van der Waals surface area contributed by atoms with Crippen molar-refractivity contribution in [2.45, 2.75) is 39.3 Å². The average molecular weight is 304 g/mol. The molecule has 1 aromatic carbocycles. The Bertz CT molecular complexity index is 523. The molecular weight excluding hydrogens is 280 g/mol. The second-order valence-electron chi connectivity index (χ2n) is 5.15. The van der Waals surface area contributed by atoms with Gasteiger partial charge in [-0.1, -0.05) is 19.1 Å². The smallest absolute Gasteiger partial charge is 0.244 e. The molecule has 0 aliphatic rings. The van der Waals surface area contributed by atoms with Gasteiger partial charge in [0.15, 0.2) is 0 Å². The lowest BCUT2D eigenvalue weighted by atomic mass is 10.2. The van der Waals surface area contributed by atoms with Crippen molar-refractivity contribution in [3.8, 4) is 5.75 Å². The third kappa shape index (κ3) is 5.99. The highest BCUT2D eigenvalue weighted by Gasteiger charge is 2.15. The van der Waals surface area contributed by atoms with Gasteiger partial charge in [0, 0.05) is 12.1 Å². The van der Waals surface area contributed by atoms with E-state index in [0.29, 0.717) is 0 Å². The molecule has 0 bridgehead atoms. The number of hydrogen-bond donors (Lipinski definition) is 2. The molecule has 0 aliphatic heterocycles. The second-order valence-corrected chi connectivity index (χ2v) is 5.15. The van der Waals surface area contributed by atoms with Crippen molar-refractivity contribution in [3.05, 3.63) is 35.9 Å². The molecule has 2 unspecified atom stereocenters. The number of carbonyl (C=O) groups excluding carboxylic acids is 2. The Morgan fingerprint density at radius 2 is 1.82 bits per heavy atom. The summed E-state index contributed by atoms with van der Waals surface area (Å²) in [6.07, 6.45) is 3.95. The summed E-state index contributed by atoms with van der Waals surface area (Å²) in [5, 5.41) is 5.47. The maximum Gasteiger partial charge on any atom is 0.244 e. The fraction of sp³-hybridized carbons (Fsp3) is 0.412. The van der Waals surface area contributed by atoms with E-state index in [1.807, 2.05) is 38.1 Å². The van der Waals surface area contributed by atoms with E-state index in [-0.39, 0.29) is 17.9 Å². The molecule has 0 spiro atoms. The molecule has 2 N–H and O–H groups in total. The Hall–Kier alpha value is -2.30. The van der Waals surface area contributed by atoms with Crippen LogP contribution in [0, 0.1) is 0 Å². The first-order valence-electron chi connectivity index (χ1n) is 7.39. The summed E-state index contributed by atoms with van der Waals surface area (Å²) in [5.74, 6) is 0.278. The topological polar surface area (TPSA) is 67.4 Å². The molecule has 2 amide bonds. The van der Waals surface area contributed by atoms with Crippen molar-refractivity contribution in [3.63, 3.8) is 0 Å². The van der Waals surface area contributed by atoms with Crippen LogP contribution in [0.4, 0.5) is 0 Å². The molecule has 0 aliphatic carbocycles. The van der Waals surface area contributed by atoms with Crippen LogP contribution >= 0.6 is 0 Å². The van der Waals surface area contributed by atoms with Gasteiger partial charge in [-0.25, -0.2) is 0 Å². The van der Waals surface area contributed by atoms with E-state index in [2.05, 4.69) is 10.6 Å². The lowest BCUT2D eigenvalue weighted by Crippen LogP contribution is -2.46. The van der Waals surface area contributed by atoms with Gasteiger partial charge in [-0.2, -0.15) is 0 Å². The van der Waals surface area contributed by atoms with Gasteiger partial charge in [0.2, 0.25) is 11.8 Å². The standard InChI is InChI=1S/C17H24N2O3/c1-5-12(2)18-17(21)13(3)19-16(20)11-8-14-6-9-15(22-4)10-7-14/h6-13H,5H2,1-4H3,(H,18,21)(H,19,20)/b11-8+. The molecule has 0 heterocycles. The molecule has 22 heavy (non-hydrogen) atoms. The summed E-state index contributed by atoms with van der Waals surface area (Å²) >= 11 is 0. The molecule has 1 aromatic rings. The van der Waals surface area contributed by atoms with Crippen LogP contribution in [0.2, 0.25) is 0 Å². The van der Waals surface area contributed by atoms with Crippen LogP contribution in [-0.2, 0) is 9.59 Å². The first-order chi connectivity index (χ1) is 10.5. The summed E-state index contributed by atoms with van der Waals surface area (Å²) < 4.78 is 5.07. The molecule has 0 saturated carbocycles. The Balaban J connectivity index is 2.50. The number of carbonyl (C=O) groups is 2. The van der Waals surface area contributed by atoms with Crippen LogP contribution in [0.3, 0.4) is 0 Å². The molecule has 120 valence electrons. The van der Waals surface area contributed by atoms with Crippen molar-refractivity contribution in [1.29, 1.82) is 0 Å². The number of benzene rings is 1. The second kappa shape index (κ2) is 8.87. The van der Waals surface area contributed by atoms with Crippen LogP contribution < -0.4 is 15.4 Å². The molecule has 5 nitrogen and oxygen atoms in total. The first kappa shape index (κ1) is 17.8. The van der Waals surface area contributed by atoms with Gasteiger partial charge in [0.25, 0.3) is 0 Å². The van der Waals surface area contributed by atoms with Gasteiger partial charge in [0.1, 0.15) is 11.8 Å². The fourth-order valence-corrected chi connectivity index (χ4v) is 1.68. The minimum absolute atomic E-state index is 0.0988. The maximum atomic E-state index is 11.8. The van der Waals surface area contributed by atoms with Crippen LogP contribution in [0.15, 0.2) is 30.3 Å². The number of ether oxygens (including phenoxy) is 1. The SMILES string of the molecule is CCC(C)NC(=O)C(C)NC(=O)/C=C/c1ccc(OC)cc1. The molecule has 5 heteroatoms. The van der Waals surface area contributed by atoms with Crippen molar-refractivity contribution in [2.24, 2.45) is 0 Å². The molecule has 0 saturated heterocycles. The molecule has 0 fully saturated rings. The number of rotatable bonds is 7. The van der Waals surface area contributed by atoms with Gasteiger partial charge in [0.05, 0.1) is 7.11 Å². The quantitative estimate of drug-likeness (QED) is 0.758. The Morgan fingerprint density at radius 3 is 2.36 bits per heavy atom. The van der Waals surface area contributed by atoms with E-state index in [1.54, 1.807) is 20.1 Å². The predicted molar refractivity (Wildman–Crippen MR) is 87.5 cm³/mol. The van der Waals surface area contributed by atoms with Crippen molar-refractivity contribution >= 4 is 17.9 Å². The minimum atomic E-state index is -0.568. The van der Waals surface area contributed by atoms with Crippen molar-refractivity contribution in [2.75, 3.05) is 7.11 Å². The number of amides is 2. The molecule has 0 radical (unpaired) electrons. The van der Waals surface area contributed by atoms with E-state index < -0.39 is 6.04 Å². The van der Waals surface area contributed by atoms with Crippen LogP contribution in [0.25, 0.3) is 6.08 Å².